The molecule has 1 atom stereocenters. The number of rotatable bonds is 0. The summed E-state index contributed by atoms with van der Waals surface area (Å²) in [6, 6.07) is 0. The minimum Gasteiger partial charge on any atom is -0.493 e. The fourth-order valence-electron chi connectivity index (χ4n) is 1.46. The van der Waals surface area contributed by atoms with E-state index in [1.807, 2.05) is 13.8 Å². The molecule has 0 radical (unpaired) electrons. The molecule has 2 heterocycles. The maximum Gasteiger partial charge on any atom is 0.215 e. The van der Waals surface area contributed by atoms with E-state index in [1.54, 1.807) is 6.08 Å². The number of fused-ring (bicyclic) bond motifs is 1. The van der Waals surface area contributed by atoms with Crippen LogP contribution in [0.1, 0.15) is 32.0 Å². The van der Waals surface area contributed by atoms with Gasteiger partial charge in [-0.2, -0.15) is 4.68 Å². The topological polar surface area (TPSA) is 63.8 Å². The van der Waals surface area contributed by atoms with Gasteiger partial charge in [-0.25, -0.2) is 0 Å². The molecule has 0 saturated heterocycles. The summed E-state index contributed by atoms with van der Waals surface area (Å²) in [7, 11) is 0. The molecule has 1 aliphatic heterocycles. The Morgan fingerprint density at radius 1 is 1.57 bits per heavy atom. The molecule has 1 aromatic heterocycles. The highest BCUT2D eigenvalue weighted by atomic mass is 16.3. The van der Waals surface area contributed by atoms with Crippen molar-refractivity contribution in [3.63, 3.8) is 0 Å². The standard InChI is InChI=1S/C9H12N4O/c1-6-3-4-7(2)9-10-11-12-13(9)8(14)5-6/h3,5,7,14H,4H2,1-2H3/b6-3+,8-5+/t7-/m0/s1. The van der Waals surface area contributed by atoms with E-state index in [-0.39, 0.29) is 11.8 Å². The van der Waals surface area contributed by atoms with Crippen molar-refractivity contribution in [2.24, 2.45) is 0 Å². The van der Waals surface area contributed by atoms with Crippen molar-refractivity contribution in [3.8, 4) is 0 Å². The Morgan fingerprint density at radius 2 is 2.36 bits per heavy atom. The van der Waals surface area contributed by atoms with E-state index < -0.39 is 0 Å². The highest BCUT2D eigenvalue weighted by Gasteiger charge is 2.17. The van der Waals surface area contributed by atoms with E-state index in [0.717, 1.165) is 12.0 Å². The van der Waals surface area contributed by atoms with Crippen molar-refractivity contribution in [3.05, 3.63) is 23.5 Å². The number of aromatic nitrogens is 4. The molecule has 0 amide bonds. The number of hydrogen-bond acceptors (Lipinski definition) is 4. The second kappa shape index (κ2) is 3.25. The Balaban J connectivity index is 2.53. The Kier molecular flexibility index (Phi) is 2.07. The number of hydrogen-bond donors (Lipinski definition) is 1. The lowest BCUT2D eigenvalue weighted by Gasteiger charge is -2.11. The summed E-state index contributed by atoms with van der Waals surface area (Å²) in [6.45, 7) is 3.98. The van der Waals surface area contributed by atoms with E-state index in [1.165, 1.54) is 4.68 Å². The van der Waals surface area contributed by atoms with Gasteiger partial charge in [0.05, 0.1) is 0 Å². The fourth-order valence-corrected chi connectivity index (χ4v) is 1.46. The second-order valence-electron chi connectivity index (χ2n) is 3.54. The van der Waals surface area contributed by atoms with Gasteiger partial charge in [0.15, 0.2) is 5.82 Å². The van der Waals surface area contributed by atoms with Crippen molar-refractivity contribution in [1.82, 2.24) is 20.2 Å². The summed E-state index contributed by atoms with van der Waals surface area (Å²) < 4.78 is 1.38. The van der Waals surface area contributed by atoms with E-state index >= 15 is 0 Å². The van der Waals surface area contributed by atoms with Crippen LogP contribution < -0.4 is 0 Å². The van der Waals surface area contributed by atoms with Gasteiger partial charge in [-0.3, -0.25) is 0 Å². The monoisotopic (exact) mass is 192 g/mol. The molecule has 1 aromatic rings. The van der Waals surface area contributed by atoms with E-state index in [2.05, 4.69) is 21.6 Å². The fraction of sp³-hybridized carbons (Fsp3) is 0.444. The summed E-state index contributed by atoms with van der Waals surface area (Å²) in [5.74, 6) is 0.989. The number of nitrogens with zero attached hydrogens (tertiary/aromatic N) is 4. The van der Waals surface area contributed by atoms with Crippen LogP contribution in [-0.4, -0.2) is 25.3 Å². The predicted molar refractivity (Wildman–Crippen MR) is 51.5 cm³/mol. The molecule has 5 heteroatoms. The Bertz CT molecular complexity index is 405. The summed E-state index contributed by atoms with van der Waals surface area (Å²) in [6.07, 6.45) is 4.61. The lowest BCUT2D eigenvalue weighted by Crippen LogP contribution is -2.09. The van der Waals surface area contributed by atoms with Crippen LogP contribution in [0.3, 0.4) is 0 Å². The van der Waals surface area contributed by atoms with Gasteiger partial charge in [0.1, 0.15) is 0 Å². The van der Waals surface area contributed by atoms with Crippen LogP contribution >= 0.6 is 0 Å². The van der Waals surface area contributed by atoms with E-state index in [4.69, 9.17) is 0 Å². The van der Waals surface area contributed by atoms with Crippen LogP contribution in [0.2, 0.25) is 0 Å². The molecular formula is C9H12N4O. The van der Waals surface area contributed by atoms with E-state index in [9.17, 15) is 5.11 Å². The maximum absolute atomic E-state index is 9.68. The van der Waals surface area contributed by atoms with Crippen LogP contribution in [0.25, 0.3) is 5.88 Å². The summed E-state index contributed by atoms with van der Waals surface area (Å²) in [4.78, 5) is 0. The first kappa shape index (κ1) is 8.93. The molecule has 0 unspecified atom stereocenters. The molecule has 0 aliphatic carbocycles. The van der Waals surface area contributed by atoms with Crippen LogP contribution in [0.5, 0.6) is 0 Å². The summed E-state index contributed by atoms with van der Waals surface area (Å²) in [5, 5.41) is 20.9. The molecule has 2 rings (SSSR count). The van der Waals surface area contributed by atoms with Crippen molar-refractivity contribution in [2.75, 3.05) is 0 Å². The van der Waals surface area contributed by atoms with Gasteiger partial charge >= 0.3 is 0 Å². The van der Waals surface area contributed by atoms with Gasteiger partial charge in [0.2, 0.25) is 5.88 Å². The highest BCUT2D eigenvalue weighted by Crippen LogP contribution is 2.22. The van der Waals surface area contributed by atoms with Crippen molar-refractivity contribution < 1.29 is 5.11 Å². The summed E-state index contributed by atoms with van der Waals surface area (Å²) in [5.41, 5.74) is 1.02. The molecular weight excluding hydrogens is 180 g/mol. The number of aliphatic hydroxyl groups is 1. The third kappa shape index (κ3) is 1.41. The predicted octanol–water partition coefficient (Wildman–Crippen LogP) is 1.48. The molecule has 74 valence electrons. The molecule has 0 saturated carbocycles. The maximum atomic E-state index is 9.68. The average Bonchev–Trinajstić information content (AvgIpc) is 2.60. The lowest BCUT2D eigenvalue weighted by atomic mass is 10.0. The van der Waals surface area contributed by atoms with Crippen molar-refractivity contribution in [2.45, 2.75) is 26.2 Å². The average molecular weight is 192 g/mol. The van der Waals surface area contributed by atoms with Gasteiger partial charge in [-0.15, -0.1) is 5.10 Å². The normalized spacial score (nSPS) is 29.1. The molecule has 0 bridgehead atoms. The Morgan fingerprint density at radius 3 is 3.14 bits per heavy atom. The zero-order valence-corrected chi connectivity index (χ0v) is 8.18. The number of aliphatic hydroxyl groups excluding tert-OH is 1. The third-order valence-electron chi connectivity index (χ3n) is 2.30. The van der Waals surface area contributed by atoms with E-state index in [0.29, 0.717) is 5.82 Å². The minimum absolute atomic E-state index is 0.0744. The second-order valence-corrected chi connectivity index (χ2v) is 3.54. The summed E-state index contributed by atoms with van der Waals surface area (Å²) >= 11 is 0. The zero-order chi connectivity index (χ0) is 10.1. The van der Waals surface area contributed by atoms with Crippen LogP contribution in [0.4, 0.5) is 0 Å². The third-order valence-corrected chi connectivity index (χ3v) is 2.30. The molecule has 1 N–H and O–H groups in total. The first-order valence-electron chi connectivity index (χ1n) is 4.54. The van der Waals surface area contributed by atoms with Crippen molar-refractivity contribution in [1.29, 1.82) is 0 Å². The zero-order valence-electron chi connectivity index (χ0n) is 8.18. The van der Waals surface area contributed by atoms with Crippen molar-refractivity contribution >= 4 is 5.88 Å². The van der Waals surface area contributed by atoms with Crippen LogP contribution in [0, 0.1) is 0 Å². The van der Waals surface area contributed by atoms with Gasteiger partial charge in [0.25, 0.3) is 0 Å². The Labute approximate surface area is 81.7 Å². The molecule has 14 heavy (non-hydrogen) atoms. The largest absolute Gasteiger partial charge is 0.493 e. The lowest BCUT2D eigenvalue weighted by molar-refractivity contribution is 0.442. The SMILES string of the molecule is CC1=C\C[C@H](C)c2nnnn2/C(O)=C\1. The van der Waals surface area contributed by atoms with Crippen LogP contribution in [-0.2, 0) is 0 Å². The first-order valence-corrected chi connectivity index (χ1v) is 4.54. The van der Waals surface area contributed by atoms with Gasteiger partial charge < -0.3 is 5.11 Å². The molecule has 5 nitrogen and oxygen atoms in total. The van der Waals surface area contributed by atoms with Gasteiger partial charge in [0, 0.05) is 12.0 Å². The van der Waals surface area contributed by atoms with Gasteiger partial charge in [-0.1, -0.05) is 13.0 Å². The quantitative estimate of drug-likeness (QED) is 0.676. The smallest absolute Gasteiger partial charge is 0.215 e. The molecule has 0 spiro atoms. The van der Waals surface area contributed by atoms with Crippen LogP contribution in [0.15, 0.2) is 17.7 Å². The first-order chi connectivity index (χ1) is 6.68. The Hall–Kier alpha value is -1.65. The minimum atomic E-state index is 0.0744. The molecule has 0 fully saturated rings. The molecule has 1 aliphatic rings. The highest BCUT2D eigenvalue weighted by molar-refractivity contribution is 5.42. The number of tetrazole rings is 1. The van der Waals surface area contributed by atoms with Gasteiger partial charge in [-0.05, 0) is 29.3 Å². The molecule has 0 aromatic carbocycles. The number of allylic oxidation sites excluding steroid dienone is 3.